The van der Waals surface area contributed by atoms with Crippen LogP contribution in [-0.2, 0) is 0 Å². The van der Waals surface area contributed by atoms with Gasteiger partial charge in [0, 0.05) is 28.3 Å². The zero-order valence-corrected chi connectivity index (χ0v) is 18.6. The van der Waals surface area contributed by atoms with E-state index >= 15 is 0 Å². The molecule has 8 nitrogen and oxygen atoms in total. The summed E-state index contributed by atoms with van der Waals surface area (Å²) < 4.78 is 10.3. The molecule has 33 heavy (non-hydrogen) atoms. The summed E-state index contributed by atoms with van der Waals surface area (Å²) in [5.74, 6) is -0.249. The Bertz CT molecular complexity index is 1320. The number of rotatable bonds is 7. The highest BCUT2D eigenvalue weighted by molar-refractivity contribution is 7.13. The number of amides is 1. The van der Waals surface area contributed by atoms with Crippen molar-refractivity contribution >= 4 is 28.6 Å². The first-order valence-corrected chi connectivity index (χ1v) is 10.7. The monoisotopic (exact) mass is 461 g/mol. The van der Waals surface area contributed by atoms with Gasteiger partial charge in [0.15, 0.2) is 11.5 Å². The first-order valence-electron chi connectivity index (χ1n) is 9.83. The molecule has 4 aromatic rings. The molecule has 0 radical (unpaired) electrons. The van der Waals surface area contributed by atoms with Crippen LogP contribution in [0.2, 0.25) is 0 Å². The molecule has 4 rings (SSSR count). The largest absolute Gasteiger partial charge is 0.493 e. The summed E-state index contributed by atoms with van der Waals surface area (Å²) >= 11 is 1.53. The van der Waals surface area contributed by atoms with E-state index in [1.54, 1.807) is 18.2 Å². The van der Waals surface area contributed by atoms with E-state index in [-0.39, 0.29) is 22.7 Å². The number of carbonyl (C=O) groups is 1. The highest BCUT2D eigenvalue weighted by atomic mass is 32.1. The number of nitro groups is 1. The number of nitrogens with zero attached hydrogens (tertiary/aromatic N) is 2. The molecular weight excluding hydrogens is 442 g/mol. The lowest BCUT2D eigenvalue weighted by atomic mass is 10.1. The van der Waals surface area contributed by atoms with E-state index in [2.05, 4.69) is 5.32 Å². The number of nitro benzene ring substituents is 1. The van der Waals surface area contributed by atoms with Crippen molar-refractivity contribution in [3.63, 3.8) is 0 Å². The molecule has 1 N–H and O–H groups in total. The zero-order chi connectivity index (χ0) is 23.4. The van der Waals surface area contributed by atoms with Crippen molar-refractivity contribution in [2.75, 3.05) is 19.5 Å². The summed E-state index contributed by atoms with van der Waals surface area (Å²) in [6.45, 7) is 0. The molecular formula is C24H19N3O5S. The standard InChI is InChI=1S/C24H19N3O5S/c1-31-21-12-18(20(27(29)30)13-22(21)32-2)23(28)25-17-10-6-9-16(11-17)19-14-33-24(26-19)15-7-4-3-5-8-15/h3-14H,1-2H3,(H,25,28). The van der Waals surface area contributed by atoms with Crippen LogP contribution in [-0.4, -0.2) is 30.0 Å². The number of anilines is 1. The van der Waals surface area contributed by atoms with Crippen LogP contribution in [0.5, 0.6) is 11.5 Å². The first-order chi connectivity index (χ1) is 16.0. The Morgan fingerprint density at radius 1 is 0.970 bits per heavy atom. The minimum absolute atomic E-state index is 0.136. The second-order valence-electron chi connectivity index (χ2n) is 6.92. The van der Waals surface area contributed by atoms with Gasteiger partial charge in [-0.3, -0.25) is 14.9 Å². The van der Waals surface area contributed by atoms with Crippen LogP contribution in [0, 0.1) is 10.1 Å². The maximum atomic E-state index is 12.9. The Balaban J connectivity index is 1.61. The number of nitrogens with one attached hydrogen (secondary N) is 1. The summed E-state index contributed by atoms with van der Waals surface area (Å²) in [4.78, 5) is 28.5. The third-order valence-electron chi connectivity index (χ3n) is 4.88. The fraction of sp³-hybridized carbons (Fsp3) is 0.0833. The lowest BCUT2D eigenvalue weighted by Gasteiger charge is -2.11. The molecule has 0 saturated carbocycles. The van der Waals surface area contributed by atoms with Crippen LogP contribution in [0.1, 0.15) is 10.4 Å². The zero-order valence-electron chi connectivity index (χ0n) is 17.8. The number of thiazole rings is 1. The van der Waals surface area contributed by atoms with Gasteiger partial charge in [-0.1, -0.05) is 42.5 Å². The van der Waals surface area contributed by atoms with Gasteiger partial charge in [0.25, 0.3) is 11.6 Å². The summed E-state index contributed by atoms with van der Waals surface area (Å²) in [5.41, 5.74) is 2.58. The van der Waals surface area contributed by atoms with Gasteiger partial charge in [-0.05, 0) is 12.1 Å². The first kappa shape index (κ1) is 22.0. The Kier molecular flexibility index (Phi) is 6.32. The number of carbonyl (C=O) groups excluding carboxylic acids is 1. The van der Waals surface area contributed by atoms with E-state index in [9.17, 15) is 14.9 Å². The van der Waals surface area contributed by atoms with Crippen molar-refractivity contribution in [2.45, 2.75) is 0 Å². The molecule has 1 heterocycles. The number of methoxy groups -OCH3 is 2. The predicted molar refractivity (Wildman–Crippen MR) is 127 cm³/mol. The van der Waals surface area contributed by atoms with Crippen LogP contribution >= 0.6 is 11.3 Å². The third kappa shape index (κ3) is 4.68. The van der Waals surface area contributed by atoms with Gasteiger partial charge < -0.3 is 14.8 Å². The summed E-state index contributed by atoms with van der Waals surface area (Å²) in [6, 6.07) is 19.5. The van der Waals surface area contributed by atoms with Crippen LogP contribution in [0.3, 0.4) is 0 Å². The molecule has 3 aromatic carbocycles. The highest BCUT2D eigenvalue weighted by Crippen LogP contribution is 2.35. The molecule has 0 aliphatic carbocycles. The van der Waals surface area contributed by atoms with E-state index < -0.39 is 10.8 Å². The lowest BCUT2D eigenvalue weighted by molar-refractivity contribution is -0.385. The highest BCUT2D eigenvalue weighted by Gasteiger charge is 2.24. The number of ether oxygens (including phenoxy) is 2. The van der Waals surface area contributed by atoms with Crippen molar-refractivity contribution < 1.29 is 19.2 Å². The quantitative estimate of drug-likeness (QED) is 0.282. The van der Waals surface area contributed by atoms with Gasteiger partial charge in [0.2, 0.25) is 0 Å². The van der Waals surface area contributed by atoms with Crippen LogP contribution in [0.25, 0.3) is 21.8 Å². The summed E-state index contributed by atoms with van der Waals surface area (Å²) in [6.07, 6.45) is 0. The normalized spacial score (nSPS) is 10.5. The van der Waals surface area contributed by atoms with Gasteiger partial charge in [-0.15, -0.1) is 11.3 Å². The Morgan fingerprint density at radius 3 is 2.36 bits per heavy atom. The lowest BCUT2D eigenvalue weighted by Crippen LogP contribution is -2.14. The maximum Gasteiger partial charge on any atom is 0.286 e. The maximum absolute atomic E-state index is 12.9. The van der Waals surface area contributed by atoms with E-state index in [0.29, 0.717) is 5.69 Å². The van der Waals surface area contributed by atoms with Crippen molar-refractivity contribution in [2.24, 2.45) is 0 Å². The third-order valence-corrected chi connectivity index (χ3v) is 5.78. The molecule has 166 valence electrons. The average molecular weight is 461 g/mol. The van der Waals surface area contributed by atoms with Crippen LogP contribution < -0.4 is 14.8 Å². The van der Waals surface area contributed by atoms with E-state index in [0.717, 1.165) is 21.8 Å². The minimum Gasteiger partial charge on any atom is -0.493 e. The van der Waals surface area contributed by atoms with Gasteiger partial charge in [0.1, 0.15) is 10.6 Å². The van der Waals surface area contributed by atoms with Gasteiger partial charge in [-0.2, -0.15) is 0 Å². The van der Waals surface area contributed by atoms with E-state index in [4.69, 9.17) is 14.5 Å². The molecule has 1 amide bonds. The molecule has 1 aromatic heterocycles. The smallest absolute Gasteiger partial charge is 0.286 e. The molecule has 9 heteroatoms. The number of benzene rings is 3. The van der Waals surface area contributed by atoms with E-state index in [1.807, 2.05) is 41.8 Å². The van der Waals surface area contributed by atoms with Crippen molar-refractivity contribution in [1.82, 2.24) is 4.98 Å². The van der Waals surface area contributed by atoms with Crippen LogP contribution in [0.4, 0.5) is 11.4 Å². The Labute approximate surface area is 193 Å². The fourth-order valence-corrected chi connectivity index (χ4v) is 4.11. The SMILES string of the molecule is COc1cc(C(=O)Nc2cccc(-c3csc(-c4ccccc4)n3)c2)c([N+](=O)[O-])cc1OC. The minimum atomic E-state index is -0.636. The van der Waals surface area contributed by atoms with Gasteiger partial charge in [0.05, 0.1) is 30.9 Å². The van der Waals surface area contributed by atoms with E-state index in [1.165, 1.54) is 37.7 Å². The van der Waals surface area contributed by atoms with Crippen molar-refractivity contribution in [3.8, 4) is 33.3 Å². The molecule has 0 spiro atoms. The summed E-state index contributed by atoms with van der Waals surface area (Å²) in [5, 5.41) is 17.1. The van der Waals surface area contributed by atoms with Crippen molar-refractivity contribution in [1.29, 1.82) is 0 Å². The second-order valence-corrected chi connectivity index (χ2v) is 7.78. The van der Waals surface area contributed by atoms with Crippen LogP contribution in [0.15, 0.2) is 72.1 Å². The molecule has 0 saturated heterocycles. The topological polar surface area (TPSA) is 104 Å². The molecule has 0 aliphatic rings. The predicted octanol–water partition coefficient (Wildman–Crippen LogP) is 5.65. The number of hydrogen-bond acceptors (Lipinski definition) is 7. The Morgan fingerprint density at radius 2 is 1.67 bits per heavy atom. The molecule has 0 unspecified atom stereocenters. The average Bonchev–Trinajstić information content (AvgIpc) is 3.34. The summed E-state index contributed by atoms with van der Waals surface area (Å²) in [7, 11) is 2.76. The fourth-order valence-electron chi connectivity index (χ4n) is 3.28. The number of aromatic nitrogens is 1. The Hall–Kier alpha value is -4.24. The molecule has 0 aliphatic heterocycles. The number of hydrogen-bond donors (Lipinski definition) is 1. The molecule has 0 fully saturated rings. The van der Waals surface area contributed by atoms with Gasteiger partial charge in [-0.25, -0.2) is 4.98 Å². The van der Waals surface area contributed by atoms with Gasteiger partial charge >= 0.3 is 0 Å². The second kappa shape index (κ2) is 9.49. The molecule has 0 bridgehead atoms. The molecule has 0 atom stereocenters. The van der Waals surface area contributed by atoms with Crippen molar-refractivity contribution in [3.05, 3.63) is 87.8 Å².